The molecule has 35 heavy (non-hydrogen) atoms. The van der Waals surface area contributed by atoms with Gasteiger partial charge in [-0.15, -0.1) is 0 Å². The molecular formula is C29H36ClN5. The van der Waals surface area contributed by atoms with E-state index in [0.29, 0.717) is 6.54 Å². The Kier molecular flexibility index (Phi) is 9.80. The molecule has 0 aliphatic carbocycles. The van der Waals surface area contributed by atoms with E-state index in [9.17, 15) is 0 Å². The van der Waals surface area contributed by atoms with Crippen molar-refractivity contribution in [3.8, 4) is 6.07 Å². The molecule has 1 aromatic carbocycles. The van der Waals surface area contributed by atoms with E-state index in [0.717, 1.165) is 55.4 Å². The monoisotopic (exact) mass is 489 g/mol. The predicted octanol–water partition coefficient (Wildman–Crippen LogP) is 5.97. The normalized spacial score (nSPS) is 11.6. The number of halogens is 1. The Morgan fingerprint density at radius 1 is 1.03 bits per heavy atom. The summed E-state index contributed by atoms with van der Waals surface area (Å²) in [6, 6.07) is 16.7. The highest BCUT2D eigenvalue weighted by Crippen LogP contribution is 2.34. The first-order valence-electron chi connectivity index (χ1n) is 12.2. The van der Waals surface area contributed by atoms with Gasteiger partial charge in [0.05, 0.1) is 24.0 Å². The molecule has 0 amide bonds. The lowest BCUT2D eigenvalue weighted by molar-refractivity contribution is 0.243. The van der Waals surface area contributed by atoms with E-state index in [1.165, 1.54) is 22.3 Å². The van der Waals surface area contributed by atoms with Gasteiger partial charge in [0.15, 0.2) is 0 Å². The van der Waals surface area contributed by atoms with Gasteiger partial charge in [-0.2, -0.15) is 5.26 Å². The van der Waals surface area contributed by atoms with Gasteiger partial charge in [-0.3, -0.25) is 14.9 Å². The second-order valence-electron chi connectivity index (χ2n) is 9.66. The third-order valence-corrected chi connectivity index (χ3v) is 6.73. The minimum atomic E-state index is -0.209. The number of hydrogen-bond donors (Lipinski definition) is 1. The first-order chi connectivity index (χ1) is 16.8. The molecule has 0 aliphatic rings. The number of benzene rings is 1. The molecule has 0 spiro atoms. The predicted molar refractivity (Wildman–Crippen MR) is 143 cm³/mol. The average Bonchev–Trinajstić information content (AvgIpc) is 2.83. The topological polar surface area (TPSA) is 64.8 Å². The quantitative estimate of drug-likeness (QED) is 0.251. The Morgan fingerprint density at radius 3 is 2.49 bits per heavy atom. The SMILES string of the molecule is Cc1cnc(CN(CCCCNCC#N)Cc2ncccc2C(C)(C)c2ccc(Cl)cc2)c(C)c1. The number of rotatable bonds is 12. The standard InChI is InChI=1S/C29H36ClN5/c1-22-18-23(2)27(34-19-22)20-35(17-6-5-14-32-16-13-31)21-28-26(8-7-15-33-28)29(3,4)24-9-11-25(30)12-10-24/h7-12,15,18-19,32H,5-6,14,16-17,20-21H2,1-4H3. The molecule has 3 rings (SSSR count). The second-order valence-corrected chi connectivity index (χ2v) is 10.1. The summed E-state index contributed by atoms with van der Waals surface area (Å²) in [5, 5.41) is 12.6. The minimum Gasteiger partial charge on any atom is -0.304 e. The highest BCUT2D eigenvalue weighted by molar-refractivity contribution is 6.30. The Labute approximate surface area is 215 Å². The first-order valence-corrected chi connectivity index (χ1v) is 12.6. The van der Waals surface area contributed by atoms with Crippen molar-refractivity contribution in [2.75, 3.05) is 19.6 Å². The molecule has 0 bridgehead atoms. The number of aryl methyl sites for hydroxylation is 2. The van der Waals surface area contributed by atoms with Gasteiger partial charge in [0.2, 0.25) is 0 Å². The molecule has 0 unspecified atom stereocenters. The minimum absolute atomic E-state index is 0.209. The van der Waals surface area contributed by atoms with Crippen LogP contribution in [0.3, 0.4) is 0 Å². The Balaban J connectivity index is 1.83. The maximum Gasteiger partial charge on any atom is 0.0840 e. The molecule has 0 aliphatic heterocycles. The van der Waals surface area contributed by atoms with Gasteiger partial charge in [-0.1, -0.05) is 49.7 Å². The van der Waals surface area contributed by atoms with Crippen LogP contribution in [0, 0.1) is 25.2 Å². The third-order valence-electron chi connectivity index (χ3n) is 6.48. The van der Waals surface area contributed by atoms with Gasteiger partial charge in [0.25, 0.3) is 0 Å². The van der Waals surface area contributed by atoms with E-state index >= 15 is 0 Å². The number of nitrogens with one attached hydrogen (secondary N) is 1. The van der Waals surface area contributed by atoms with Gasteiger partial charge in [0, 0.05) is 35.9 Å². The summed E-state index contributed by atoms with van der Waals surface area (Å²) in [4.78, 5) is 12.0. The summed E-state index contributed by atoms with van der Waals surface area (Å²) >= 11 is 6.15. The molecule has 2 aromatic heterocycles. The molecule has 0 saturated carbocycles. The van der Waals surface area contributed by atoms with Crippen molar-refractivity contribution < 1.29 is 0 Å². The lowest BCUT2D eigenvalue weighted by Gasteiger charge is -2.30. The maximum absolute atomic E-state index is 8.73. The van der Waals surface area contributed by atoms with Crippen LogP contribution in [0.15, 0.2) is 54.9 Å². The van der Waals surface area contributed by atoms with Crippen LogP contribution < -0.4 is 5.32 Å². The molecule has 2 heterocycles. The van der Waals surface area contributed by atoms with Crippen LogP contribution in [0.4, 0.5) is 0 Å². The lowest BCUT2D eigenvalue weighted by Crippen LogP contribution is -2.29. The van der Waals surface area contributed by atoms with E-state index in [-0.39, 0.29) is 5.41 Å². The molecular weight excluding hydrogens is 454 g/mol. The van der Waals surface area contributed by atoms with Crippen LogP contribution in [0.2, 0.25) is 5.02 Å². The second kappa shape index (κ2) is 12.8. The van der Waals surface area contributed by atoms with Crippen LogP contribution in [-0.2, 0) is 18.5 Å². The molecule has 0 atom stereocenters. The van der Waals surface area contributed by atoms with Crippen molar-refractivity contribution in [2.45, 2.75) is 59.0 Å². The van der Waals surface area contributed by atoms with Gasteiger partial charge in [-0.25, -0.2) is 0 Å². The molecule has 0 radical (unpaired) electrons. The van der Waals surface area contributed by atoms with E-state index in [2.05, 4.69) is 68.2 Å². The van der Waals surface area contributed by atoms with Gasteiger partial charge < -0.3 is 5.32 Å². The number of aromatic nitrogens is 2. The lowest BCUT2D eigenvalue weighted by atomic mass is 9.77. The van der Waals surface area contributed by atoms with Crippen molar-refractivity contribution in [1.29, 1.82) is 5.26 Å². The van der Waals surface area contributed by atoms with Crippen LogP contribution in [0.1, 0.15) is 60.3 Å². The molecule has 1 N–H and O–H groups in total. The summed E-state index contributed by atoms with van der Waals surface area (Å²) in [6.45, 7) is 12.4. The van der Waals surface area contributed by atoms with E-state index < -0.39 is 0 Å². The van der Waals surface area contributed by atoms with Crippen LogP contribution in [0.25, 0.3) is 0 Å². The fourth-order valence-corrected chi connectivity index (χ4v) is 4.56. The molecule has 6 heteroatoms. The summed E-state index contributed by atoms with van der Waals surface area (Å²) in [6.07, 6.45) is 5.88. The Morgan fingerprint density at radius 2 is 1.77 bits per heavy atom. The highest BCUT2D eigenvalue weighted by atomic mass is 35.5. The van der Waals surface area contributed by atoms with Crippen LogP contribution >= 0.6 is 11.6 Å². The average molecular weight is 490 g/mol. The fraction of sp³-hybridized carbons (Fsp3) is 0.414. The molecule has 0 fully saturated rings. The third kappa shape index (κ3) is 7.60. The zero-order valence-electron chi connectivity index (χ0n) is 21.3. The number of pyridine rings is 2. The van der Waals surface area contributed by atoms with Crippen LogP contribution in [-0.4, -0.2) is 34.5 Å². The van der Waals surface area contributed by atoms with Crippen molar-refractivity contribution in [1.82, 2.24) is 20.2 Å². The zero-order valence-corrected chi connectivity index (χ0v) is 22.1. The van der Waals surface area contributed by atoms with Crippen molar-refractivity contribution in [3.05, 3.63) is 93.5 Å². The largest absolute Gasteiger partial charge is 0.304 e. The maximum atomic E-state index is 8.73. The van der Waals surface area contributed by atoms with Gasteiger partial charge in [0.1, 0.15) is 0 Å². The number of unbranched alkanes of at least 4 members (excludes halogenated alkanes) is 1. The van der Waals surface area contributed by atoms with Crippen molar-refractivity contribution >= 4 is 11.6 Å². The first kappa shape index (κ1) is 26.8. The summed E-state index contributed by atoms with van der Waals surface area (Å²) in [5.41, 5.74) is 6.80. The molecule has 0 saturated heterocycles. The smallest absolute Gasteiger partial charge is 0.0840 e. The summed E-state index contributed by atoms with van der Waals surface area (Å²) in [5.74, 6) is 0. The Bertz CT molecular complexity index is 1130. The van der Waals surface area contributed by atoms with E-state index in [1.54, 1.807) is 0 Å². The van der Waals surface area contributed by atoms with E-state index in [4.69, 9.17) is 26.8 Å². The van der Waals surface area contributed by atoms with E-state index in [1.807, 2.05) is 30.6 Å². The summed E-state index contributed by atoms with van der Waals surface area (Å²) < 4.78 is 0. The zero-order chi connectivity index (χ0) is 25.3. The highest BCUT2D eigenvalue weighted by Gasteiger charge is 2.27. The van der Waals surface area contributed by atoms with Gasteiger partial charge >= 0.3 is 0 Å². The fourth-order valence-electron chi connectivity index (χ4n) is 4.43. The summed E-state index contributed by atoms with van der Waals surface area (Å²) in [7, 11) is 0. The van der Waals surface area contributed by atoms with Crippen LogP contribution in [0.5, 0.6) is 0 Å². The molecule has 3 aromatic rings. The molecule has 5 nitrogen and oxygen atoms in total. The molecule has 184 valence electrons. The number of hydrogen-bond acceptors (Lipinski definition) is 5. The number of nitriles is 1. The Hall–Kier alpha value is -2.78. The number of nitrogens with zero attached hydrogens (tertiary/aromatic N) is 4. The van der Waals surface area contributed by atoms with Gasteiger partial charge in [-0.05, 0) is 80.2 Å². The van der Waals surface area contributed by atoms with Crippen molar-refractivity contribution in [3.63, 3.8) is 0 Å². The van der Waals surface area contributed by atoms with Crippen molar-refractivity contribution in [2.24, 2.45) is 0 Å².